The van der Waals surface area contributed by atoms with Crippen molar-refractivity contribution < 1.29 is 18.7 Å². The van der Waals surface area contributed by atoms with Crippen LogP contribution in [0.15, 0.2) is 49.0 Å². The van der Waals surface area contributed by atoms with Gasteiger partial charge >= 0.3 is 0 Å². The van der Waals surface area contributed by atoms with Gasteiger partial charge in [-0.25, -0.2) is 8.78 Å². The highest BCUT2D eigenvalue weighted by Crippen LogP contribution is 2.29. The van der Waals surface area contributed by atoms with Crippen LogP contribution in [0.3, 0.4) is 0 Å². The molecule has 3 nitrogen and oxygen atoms in total. The van der Waals surface area contributed by atoms with Crippen LogP contribution in [-0.2, 0) is 17.6 Å². The van der Waals surface area contributed by atoms with Gasteiger partial charge in [0.2, 0.25) is 5.91 Å². The van der Waals surface area contributed by atoms with Crippen molar-refractivity contribution in [2.24, 2.45) is 5.92 Å². The number of benzene rings is 3. The van der Waals surface area contributed by atoms with E-state index in [1.807, 2.05) is 37.3 Å². The standard InChI is InChI=1S/C24H22ClF2NO2/c1-4-16-6-7-17-10-15(5-8-18(17)23(16)25)9-13(2)24(30)28-22-12-21(27)20(26)11-19(22)14(3)29/h5-8,10-13,29H,3-4,9H2,1-2H3,(H,28,30). The van der Waals surface area contributed by atoms with Gasteiger partial charge in [0.15, 0.2) is 11.6 Å². The maximum atomic E-state index is 13.6. The Kier molecular flexibility index (Phi) is 6.42. The Balaban J connectivity index is 1.79. The van der Waals surface area contributed by atoms with E-state index in [1.165, 1.54) is 0 Å². The summed E-state index contributed by atoms with van der Waals surface area (Å²) < 4.78 is 27.1. The molecule has 3 rings (SSSR count). The zero-order valence-electron chi connectivity index (χ0n) is 16.7. The molecular formula is C24H22ClF2NO2. The Morgan fingerprint density at radius 3 is 2.53 bits per heavy atom. The van der Waals surface area contributed by atoms with Crippen molar-refractivity contribution in [3.63, 3.8) is 0 Å². The minimum absolute atomic E-state index is 0.0318. The monoisotopic (exact) mass is 429 g/mol. The Bertz CT molecular complexity index is 1140. The number of aliphatic hydroxyl groups is 1. The summed E-state index contributed by atoms with van der Waals surface area (Å²) in [6.07, 6.45) is 1.29. The number of anilines is 1. The molecule has 1 unspecified atom stereocenters. The van der Waals surface area contributed by atoms with E-state index < -0.39 is 23.3 Å². The van der Waals surface area contributed by atoms with Gasteiger partial charge < -0.3 is 10.4 Å². The number of carbonyl (C=O) groups is 1. The van der Waals surface area contributed by atoms with E-state index in [-0.39, 0.29) is 17.2 Å². The maximum absolute atomic E-state index is 13.6. The molecule has 0 aromatic heterocycles. The molecule has 0 radical (unpaired) electrons. The van der Waals surface area contributed by atoms with Crippen LogP contribution < -0.4 is 5.32 Å². The number of amides is 1. The second-order valence-electron chi connectivity index (χ2n) is 7.30. The first kappa shape index (κ1) is 21.8. The molecule has 3 aromatic rings. The minimum Gasteiger partial charge on any atom is -0.508 e. The molecule has 6 heteroatoms. The third kappa shape index (κ3) is 4.46. The third-order valence-electron chi connectivity index (χ3n) is 5.10. The van der Waals surface area contributed by atoms with Gasteiger partial charge in [-0.2, -0.15) is 0 Å². The van der Waals surface area contributed by atoms with Gasteiger partial charge in [0, 0.05) is 22.9 Å². The molecule has 0 bridgehead atoms. The Morgan fingerprint density at radius 1 is 1.17 bits per heavy atom. The highest BCUT2D eigenvalue weighted by Gasteiger charge is 2.19. The Morgan fingerprint density at radius 2 is 1.87 bits per heavy atom. The fourth-order valence-electron chi connectivity index (χ4n) is 3.38. The number of carbonyl (C=O) groups excluding carboxylic acids is 1. The lowest BCUT2D eigenvalue weighted by Gasteiger charge is -2.16. The van der Waals surface area contributed by atoms with Gasteiger partial charge in [-0.15, -0.1) is 0 Å². The van der Waals surface area contributed by atoms with Gasteiger partial charge in [0.05, 0.1) is 10.7 Å². The SMILES string of the molecule is C=C(O)c1cc(F)c(F)cc1NC(=O)C(C)Cc1ccc2c(Cl)c(CC)ccc2c1. The van der Waals surface area contributed by atoms with Crippen LogP contribution >= 0.6 is 11.6 Å². The second kappa shape index (κ2) is 8.84. The zero-order valence-corrected chi connectivity index (χ0v) is 17.5. The van der Waals surface area contributed by atoms with E-state index in [0.717, 1.165) is 45.5 Å². The molecule has 0 aliphatic carbocycles. The van der Waals surface area contributed by atoms with E-state index >= 15 is 0 Å². The summed E-state index contributed by atoms with van der Waals surface area (Å²) in [5.74, 6) is -3.56. The normalized spacial score (nSPS) is 12.0. The maximum Gasteiger partial charge on any atom is 0.227 e. The van der Waals surface area contributed by atoms with Crippen molar-refractivity contribution in [2.45, 2.75) is 26.7 Å². The predicted octanol–water partition coefficient (Wildman–Crippen LogP) is 6.68. The van der Waals surface area contributed by atoms with Crippen LogP contribution in [0.5, 0.6) is 0 Å². The summed E-state index contributed by atoms with van der Waals surface area (Å²) in [7, 11) is 0. The van der Waals surface area contributed by atoms with Crippen molar-refractivity contribution in [2.75, 3.05) is 5.32 Å². The first-order chi connectivity index (χ1) is 14.2. The topological polar surface area (TPSA) is 49.3 Å². The van der Waals surface area contributed by atoms with E-state index in [4.69, 9.17) is 11.6 Å². The molecule has 156 valence electrons. The average Bonchev–Trinajstić information content (AvgIpc) is 2.70. The van der Waals surface area contributed by atoms with Crippen LogP contribution in [0, 0.1) is 17.6 Å². The average molecular weight is 430 g/mol. The highest BCUT2D eigenvalue weighted by molar-refractivity contribution is 6.36. The van der Waals surface area contributed by atoms with Gasteiger partial charge in [-0.3, -0.25) is 4.79 Å². The molecule has 0 saturated heterocycles. The minimum atomic E-state index is -1.13. The molecule has 30 heavy (non-hydrogen) atoms. The van der Waals surface area contributed by atoms with E-state index in [9.17, 15) is 18.7 Å². The number of halogens is 3. The number of hydrogen-bond donors (Lipinski definition) is 2. The summed E-state index contributed by atoms with van der Waals surface area (Å²) in [4.78, 5) is 12.6. The molecule has 1 amide bonds. The van der Waals surface area contributed by atoms with E-state index in [1.54, 1.807) is 6.92 Å². The predicted molar refractivity (Wildman–Crippen MR) is 118 cm³/mol. The number of nitrogens with one attached hydrogen (secondary N) is 1. The largest absolute Gasteiger partial charge is 0.508 e. The molecule has 0 fully saturated rings. The van der Waals surface area contributed by atoms with E-state index in [2.05, 4.69) is 11.9 Å². The summed E-state index contributed by atoms with van der Waals surface area (Å²) >= 11 is 6.46. The molecular weight excluding hydrogens is 408 g/mol. The molecule has 0 heterocycles. The first-order valence-corrected chi connectivity index (χ1v) is 9.97. The number of rotatable bonds is 6. The Labute approximate surface area is 179 Å². The van der Waals surface area contributed by atoms with E-state index in [0.29, 0.717) is 6.42 Å². The highest BCUT2D eigenvalue weighted by atomic mass is 35.5. The van der Waals surface area contributed by atoms with Crippen LogP contribution in [0.1, 0.15) is 30.5 Å². The van der Waals surface area contributed by atoms with Crippen LogP contribution in [0.4, 0.5) is 14.5 Å². The molecule has 3 aromatic carbocycles. The van der Waals surface area contributed by atoms with Crippen molar-refractivity contribution in [3.05, 3.63) is 82.4 Å². The van der Waals surface area contributed by atoms with Gasteiger partial charge in [0.25, 0.3) is 0 Å². The summed E-state index contributed by atoms with van der Waals surface area (Å²) in [5, 5.41) is 14.9. The van der Waals surface area contributed by atoms with Crippen molar-refractivity contribution in [1.82, 2.24) is 0 Å². The quantitative estimate of drug-likeness (QED) is 0.429. The smallest absolute Gasteiger partial charge is 0.227 e. The zero-order chi connectivity index (χ0) is 22.0. The van der Waals surface area contributed by atoms with Gasteiger partial charge in [-0.1, -0.05) is 62.4 Å². The third-order valence-corrected chi connectivity index (χ3v) is 5.54. The van der Waals surface area contributed by atoms with Crippen LogP contribution in [0.25, 0.3) is 16.5 Å². The molecule has 1 atom stereocenters. The fraction of sp³-hybridized carbons (Fsp3) is 0.208. The summed E-state index contributed by atoms with van der Waals surface area (Å²) in [6, 6.07) is 11.5. The molecule has 0 spiro atoms. The van der Waals surface area contributed by atoms with Crippen LogP contribution in [0.2, 0.25) is 5.02 Å². The number of hydrogen-bond acceptors (Lipinski definition) is 2. The summed E-state index contributed by atoms with van der Waals surface area (Å²) in [5.41, 5.74) is 1.93. The number of aryl methyl sites for hydroxylation is 1. The lowest BCUT2D eigenvalue weighted by Crippen LogP contribution is -2.23. The van der Waals surface area contributed by atoms with Gasteiger partial charge in [-0.05, 0) is 35.4 Å². The van der Waals surface area contributed by atoms with Crippen molar-refractivity contribution >= 4 is 39.7 Å². The van der Waals surface area contributed by atoms with Crippen molar-refractivity contribution in [3.8, 4) is 0 Å². The lowest BCUT2D eigenvalue weighted by atomic mass is 9.96. The molecule has 0 aliphatic rings. The summed E-state index contributed by atoms with van der Waals surface area (Å²) in [6.45, 7) is 7.11. The number of aliphatic hydroxyl groups excluding tert-OH is 1. The lowest BCUT2D eigenvalue weighted by molar-refractivity contribution is -0.119. The second-order valence-corrected chi connectivity index (χ2v) is 7.68. The number of fused-ring (bicyclic) bond motifs is 1. The fourth-order valence-corrected chi connectivity index (χ4v) is 3.75. The van der Waals surface area contributed by atoms with Crippen LogP contribution in [-0.4, -0.2) is 11.0 Å². The molecule has 0 aliphatic heterocycles. The van der Waals surface area contributed by atoms with Crippen molar-refractivity contribution in [1.29, 1.82) is 0 Å². The molecule has 0 saturated carbocycles. The molecule has 2 N–H and O–H groups in total. The van der Waals surface area contributed by atoms with Gasteiger partial charge in [0.1, 0.15) is 5.76 Å². The Hall–Kier alpha value is -2.92. The first-order valence-electron chi connectivity index (χ1n) is 9.59.